The fourth-order valence-corrected chi connectivity index (χ4v) is 2.01. The van der Waals surface area contributed by atoms with Crippen molar-refractivity contribution in [2.75, 3.05) is 11.9 Å². The smallest absolute Gasteiger partial charge is 0.124 e. The molecule has 0 aliphatic heterocycles. The van der Waals surface area contributed by atoms with Gasteiger partial charge in [-0.3, -0.25) is 0 Å². The summed E-state index contributed by atoms with van der Waals surface area (Å²) in [7, 11) is 0. The zero-order valence-electron chi connectivity index (χ0n) is 11.4. The van der Waals surface area contributed by atoms with Crippen molar-refractivity contribution >= 4 is 17.3 Å². The first-order valence-corrected chi connectivity index (χ1v) is 7.01. The van der Waals surface area contributed by atoms with Crippen molar-refractivity contribution in [3.05, 3.63) is 53.1 Å². The lowest BCUT2D eigenvalue weighted by Crippen LogP contribution is -2.04. The van der Waals surface area contributed by atoms with Crippen LogP contribution in [0.3, 0.4) is 0 Å². The van der Waals surface area contributed by atoms with E-state index in [2.05, 4.69) is 12.2 Å². The van der Waals surface area contributed by atoms with Crippen LogP contribution in [-0.4, -0.2) is 11.7 Å². The highest BCUT2D eigenvalue weighted by Gasteiger charge is 2.05. The quantitative estimate of drug-likeness (QED) is 0.773. The van der Waals surface area contributed by atoms with E-state index >= 15 is 0 Å². The van der Waals surface area contributed by atoms with E-state index in [0.29, 0.717) is 18.2 Å². The molecule has 0 fully saturated rings. The van der Waals surface area contributed by atoms with Gasteiger partial charge in [0, 0.05) is 22.8 Å². The second-order valence-electron chi connectivity index (χ2n) is 4.50. The van der Waals surface area contributed by atoms with Crippen molar-refractivity contribution in [2.24, 2.45) is 0 Å². The number of nitrogens with one attached hydrogen (secondary N) is 1. The molecule has 0 saturated heterocycles. The molecule has 0 unspecified atom stereocenters. The van der Waals surface area contributed by atoms with Gasteiger partial charge in [-0.2, -0.15) is 0 Å². The molecule has 0 aliphatic carbocycles. The largest absolute Gasteiger partial charge is 0.508 e. The van der Waals surface area contributed by atoms with Crippen LogP contribution >= 0.6 is 11.6 Å². The van der Waals surface area contributed by atoms with E-state index in [1.54, 1.807) is 12.1 Å². The Hall–Kier alpha value is -1.87. The number of phenols is 1. The Balaban J connectivity index is 2.07. The first kappa shape index (κ1) is 14.5. The molecule has 0 bridgehead atoms. The highest BCUT2D eigenvalue weighted by Crippen LogP contribution is 2.24. The van der Waals surface area contributed by atoms with Crippen LogP contribution in [0.25, 0.3) is 0 Å². The van der Waals surface area contributed by atoms with Crippen LogP contribution in [0.15, 0.2) is 42.5 Å². The second-order valence-corrected chi connectivity index (χ2v) is 4.94. The molecular weight excluding hydrogens is 274 g/mol. The van der Waals surface area contributed by atoms with Crippen LogP contribution in [0, 0.1) is 0 Å². The summed E-state index contributed by atoms with van der Waals surface area (Å²) in [5.74, 6) is 1.10. The Morgan fingerprint density at radius 3 is 2.60 bits per heavy atom. The summed E-state index contributed by atoms with van der Waals surface area (Å²) in [5.41, 5.74) is 1.95. The maximum absolute atomic E-state index is 9.25. The van der Waals surface area contributed by atoms with Crippen molar-refractivity contribution in [1.82, 2.24) is 0 Å². The molecule has 0 saturated carbocycles. The lowest BCUT2D eigenvalue weighted by Gasteiger charge is -2.13. The fraction of sp³-hybridized carbons (Fsp3) is 0.250. The van der Waals surface area contributed by atoms with Gasteiger partial charge in [-0.05, 0) is 48.9 Å². The van der Waals surface area contributed by atoms with Gasteiger partial charge in [0.15, 0.2) is 0 Å². The van der Waals surface area contributed by atoms with Crippen LogP contribution < -0.4 is 10.1 Å². The Kier molecular flexibility index (Phi) is 5.13. The number of rotatable bonds is 6. The summed E-state index contributed by atoms with van der Waals surface area (Å²) in [6, 6.07) is 12.6. The predicted molar refractivity (Wildman–Crippen MR) is 82.7 cm³/mol. The third kappa shape index (κ3) is 4.07. The zero-order valence-corrected chi connectivity index (χ0v) is 12.2. The van der Waals surface area contributed by atoms with E-state index in [9.17, 15) is 5.11 Å². The van der Waals surface area contributed by atoms with Gasteiger partial charge >= 0.3 is 0 Å². The molecule has 2 rings (SSSR count). The average Bonchev–Trinajstić information content (AvgIpc) is 2.46. The molecule has 2 N–H and O–H groups in total. The van der Waals surface area contributed by atoms with Crippen LogP contribution in [0.2, 0.25) is 5.02 Å². The lowest BCUT2D eigenvalue weighted by atomic mass is 10.2. The molecule has 0 spiro atoms. The first-order chi connectivity index (χ1) is 9.69. The molecule has 0 atom stereocenters. The van der Waals surface area contributed by atoms with Crippen molar-refractivity contribution < 1.29 is 9.84 Å². The number of halogens is 1. The monoisotopic (exact) mass is 291 g/mol. The van der Waals surface area contributed by atoms with Crippen LogP contribution in [0.4, 0.5) is 5.69 Å². The van der Waals surface area contributed by atoms with E-state index in [0.717, 1.165) is 23.4 Å². The van der Waals surface area contributed by atoms with Crippen molar-refractivity contribution in [3.63, 3.8) is 0 Å². The molecule has 4 heteroatoms. The summed E-state index contributed by atoms with van der Waals surface area (Å²) in [4.78, 5) is 0. The maximum atomic E-state index is 9.25. The van der Waals surface area contributed by atoms with Gasteiger partial charge in [0.2, 0.25) is 0 Å². The fourth-order valence-electron chi connectivity index (χ4n) is 1.82. The number of aromatic hydroxyl groups is 1. The van der Waals surface area contributed by atoms with Gasteiger partial charge in [0.05, 0.1) is 6.61 Å². The van der Waals surface area contributed by atoms with Gasteiger partial charge < -0.3 is 15.2 Å². The Morgan fingerprint density at radius 2 is 1.90 bits per heavy atom. The van der Waals surface area contributed by atoms with E-state index in [1.807, 2.05) is 30.3 Å². The average molecular weight is 292 g/mol. The lowest BCUT2D eigenvalue weighted by molar-refractivity contribution is 0.314. The van der Waals surface area contributed by atoms with Crippen molar-refractivity contribution in [2.45, 2.75) is 19.9 Å². The Morgan fingerprint density at radius 1 is 1.15 bits per heavy atom. The van der Waals surface area contributed by atoms with Gasteiger partial charge in [-0.25, -0.2) is 0 Å². The summed E-state index contributed by atoms with van der Waals surface area (Å²) in [6.45, 7) is 3.38. The molecule has 106 valence electrons. The van der Waals surface area contributed by atoms with Gasteiger partial charge in [-0.1, -0.05) is 18.5 Å². The molecular formula is C16H18ClNO2. The molecule has 2 aromatic rings. The second kappa shape index (κ2) is 7.06. The maximum Gasteiger partial charge on any atom is 0.124 e. The Labute approximate surface area is 124 Å². The van der Waals surface area contributed by atoms with Crippen LogP contribution in [0.5, 0.6) is 11.5 Å². The van der Waals surface area contributed by atoms with E-state index in [1.165, 1.54) is 0 Å². The molecule has 20 heavy (non-hydrogen) atoms. The third-order valence-electron chi connectivity index (χ3n) is 2.83. The minimum absolute atomic E-state index is 0.255. The SMILES string of the molecule is CCCOc1ccc(Cl)cc1CNc1ccc(O)cc1. The number of hydrogen-bond donors (Lipinski definition) is 2. The van der Waals surface area contributed by atoms with Gasteiger partial charge in [0.1, 0.15) is 11.5 Å². The summed E-state index contributed by atoms with van der Waals surface area (Å²) in [5, 5.41) is 13.2. The molecule has 2 aromatic carbocycles. The van der Waals surface area contributed by atoms with E-state index < -0.39 is 0 Å². The van der Waals surface area contributed by atoms with Crippen LogP contribution in [-0.2, 0) is 6.54 Å². The molecule has 3 nitrogen and oxygen atoms in total. The summed E-state index contributed by atoms with van der Waals surface area (Å²) in [6.07, 6.45) is 0.966. The number of hydrogen-bond acceptors (Lipinski definition) is 3. The van der Waals surface area contributed by atoms with Gasteiger partial charge in [-0.15, -0.1) is 0 Å². The predicted octanol–water partition coefficient (Wildman–Crippen LogP) is 4.45. The van der Waals surface area contributed by atoms with E-state index in [-0.39, 0.29) is 5.75 Å². The molecule has 0 radical (unpaired) electrons. The minimum Gasteiger partial charge on any atom is -0.508 e. The minimum atomic E-state index is 0.255. The van der Waals surface area contributed by atoms with Crippen LogP contribution in [0.1, 0.15) is 18.9 Å². The topological polar surface area (TPSA) is 41.5 Å². The highest BCUT2D eigenvalue weighted by molar-refractivity contribution is 6.30. The third-order valence-corrected chi connectivity index (χ3v) is 3.07. The highest BCUT2D eigenvalue weighted by atomic mass is 35.5. The molecule has 0 aliphatic rings. The first-order valence-electron chi connectivity index (χ1n) is 6.63. The molecule has 0 aromatic heterocycles. The number of ether oxygens (including phenoxy) is 1. The van der Waals surface area contributed by atoms with E-state index in [4.69, 9.17) is 16.3 Å². The number of benzene rings is 2. The zero-order chi connectivity index (χ0) is 14.4. The van der Waals surface area contributed by atoms with Gasteiger partial charge in [0.25, 0.3) is 0 Å². The standard InChI is InChI=1S/C16H18ClNO2/c1-2-9-20-16-8-3-13(17)10-12(16)11-18-14-4-6-15(19)7-5-14/h3-8,10,18-19H,2,9,11H2,1H3. The molecule has 0 amide bonds. The van der Waals surface area contributed by atoms with Crippen molar-refractivity contribution in [3.8, 4) is 11.5 Å². The van der Waals surface area contributed by atoms with Crippen molar-refractivity contribution in [1.29, 1.82) is 0 Å². The summed E-state index contributed by atoms with van der Waals surface area (Å²) >= 11 is 6.04. The number of phenolic OH excluding ortho intramolecular Hbond substituents is 1. The summed E-state index contributed by atoms with van der Waals surface area (Å²) < 4.78 is 5.71. The Bertz CT molecular complexity index is 555. The normalized spacial score (nSPS) is 10.3. The molecule has 0 heterocycles. The number of anilines is 1.